The molecule has 0 saturated carbocycles. The number of H-pyrrole nitrogens is 1. The van der Waals surface area contributed by atoms with E-state index in [2.05, 4.69) is 20.3 Å². The lowest BCUT2D eigenvalue weighted by Crippen LogP contribution is -2.08. The van der Waals surface area contributed by atoms with Crippen LogP contribution < -0.4 is 5.56 Å². The minimum Gasteiger partial charge on any atom is -0.266 e. The molecule has 4 aromatic rings. The van der Waals surface area contributed by atoms with Gasteiger partial charge in [-0.3, -0.25) is 4.79 Å². The van der Waals surface area contributed by atoms with Gasteiger partial charge in [-0.25, -0.2) is 14.7 Å². The van der Waals surface area contributed by atoms with E-state index < -0.39 is 0 Å². The van der Waals surface area contributed by atoms with Gasteiger partial charge in [0.1, 0.15) is 15.6 Å². The van der Waals surface area contributed by atoms with Crippen molar-refractivity contribution in [3.05, 3.63) is 34.4 Å². The van der Waals surface area contributed by atoms with Crippen LogP contribution in [0.25, 0.3) is 26.1 Å². The summed E-state index contributed by atoms with van der Waals surface area (Å²) in [7, 11) is 0. The number of fused-ring (bicyclic) bond motifs is 5. The summed E-state index contributed by atoms with van der Waals surface area (Å²) in [4.78, 5) is 20.9. The number of nitrogens with one attached hydrogen (secondary N) is 1. The first kappa shape index (κ1) is 10.2. The van der Waals surface area contributed by atoms with Gasteiger partial charge in [0.2, 0.25) is 5.69 Å². The zero-order chi connectivity index (χ0) is 13.0. The Bertz CT molecular complexity index is 1050. The number of hydrogen-bond acceptors (Lipinski definition) is 6. The fraction of sp³-hybridized carbons (Fsp3) is 0. The molecule has 90 valence electrons. The summed E-state index contributed by atoms with van der Waals surface area (Å²) in [5.74, 6) is 0. The Morgan fingerprint density at radius 1 is 1.47 bits per heavy atom. The van der Waals surface area contributed by atoms with Crippen LogP contribution in [0, 0.1) is 11.3 Å². The first-order valence-corrected chi connectivity index (χ1v) is 6.15. The molecule has 0 spiro atoms. The van der Waals surface area contributed by atoms with Crippen molar-refractivity contribution in [1.29, 1.82) is 5.26 Å². The Labute approximate surface area is 108 Å². The highest BCUT2D eigenvalue weighted by Gasteiger charge is 2.16. The van der Waals surface area contributed by atoms with Crippen molar-refractivity contribution in [1.82, 2.24) is 24.8 Å². The largest absolute Gasteiger partial charge is 0.291 e. The van der Waals surface area contributed by atoms with Crippen LogP contribution in [0.4, 0.5) is 0 Å². The molecule has 0 bridgehead atoms. The quantitative estimate of drug-likeness (QED) is 0.514. The topological polar surface area (TPSA) is 99.7 Å². The monoisotopic (exact) mass is 268 g/mol. The van der Waals surface area contributed by atoms with Crippen molar-refractivity contribution in [2.45, 2.75) is 0 Å². The number of nitriles is 1. The fourth-order valence-corrected chi connectivity index (χ4v) is 3.08. The zero-order valence-electron chi connectivity index (χ0n) is 9.28. The first-order valence-electron chi connectivity index (χ1n) is 5.34. The number of thiophene rings is 1. The van der Waals surface area contributed by atoms with E-state index >= 15 is 0 Å². The summed E-state index contributed by atoms with van der Waals surface area (Å²) in [6.07, 6.45) is 1.67. The van der Waals surface area contributed by atoms with E-state index in [1.165, 1.54) is 11.3 Å². The summed E-state index contributed by atoms with van der Waals surface area (Å²) < 4.78 is 2.05. The van der Waals surface area contributed by atoms with Gasteiger partial charge in [0.05, 0.1) is 5.52 Å². The number of aromatic amines is 1. The van der Waals surface area contributed by atoms with Crippen LogP contribution in [-0.4, -0.2) is 24.8 Å². The molecule has 0 saturated heterocycles. The standard InChI is InChI=1S/C11H4N6OS/c12-4-6-9-14-10(18)8-7(17(9)16-15-6)5-2-1-3-13-11(5)19-8/h1-3,16H. The van der Waals surface area contributed by atoms with Crippen LogP contribution in [0.3, 0.4) is 0 Å². The summed E-state index contributed by atoms with van der Waals surface area (Å²) in [6.45, 7) is 0. The minimum absolute atomic E-state index is 0.0993. The Morgan fingerprint density at radius 3 is 3.21 bits per heavy atom. The summed E-state index contributed by atoms with van der Waals surface area (Å²) >= 11 is 1.28. The van der Waals surface area contributed by atoms with Gasteiger partial charge >= 0.3 is 0 Å². The smallest absolute Gasteiger partial charge is 0.266 e. The molecular formula is C11H4N6OS. The maximum atomic E-state index is 12.0. The van der Waals surface area contributed by atoms with Crippen molar-refractivity contribution in [2.75, 3.05) is 0 Å². The molecule has 19 heavy (non-hydrogen) atoms. The molecule has 0 unspecified atom stereocenters. The molecule has 7 nitrogen and oxygen atoms in total. The average molecular weight is 268 g/mol. The molecule has 4 heterocycles. The van der Waals surface area contributed by atoms with Gasteiger partial charge in [-0.15, -0.1) is 16.4 Å². The van der Waals surface area contributed by atoms with E-state index in [1.54, 1.807) is 16.8 Å². The van der Waals surface area contributed by atoms with E-state index in [9.17, 15) is 4.79 Å². The molecule has 0 aliphatic heterocycles. The zero-order valence-corrected chi connectivity index (χ0v) is 10.1. The van der Waals surface area contributed by atoms with Crippen molar-refractivity contribution in [2.24, 2.45) is 0 Å². The Balaban J connectivity index is 2.41. The van der Waals surface area contributed by atoms with E-state index in [1.807, 2.05) is 12.1 Å². The van der Waals surface area contributed by atoms with Gasteiger partial charge in [0, 0.05) is 11.6 Å². The molecular weight excluding hydrogens is 264 g/mol. The molecule has 0 atom stereocenters. The van der Waals surface area contributed by atoms with Crippen LogP contribution in [0.1, 0.15) is 5.69 Å². The second kappa shape index (κ2) is 3.37. The van der Waals surface area contributed by atoms with Crippen LogP contribution >= 0.6 is 11.3 Å². The summed E-state index contributed by atoms with van der Waals surface area (Å²) in [5.41, 5.74) is 0.638. The second-order valence-electron chi connectivity index (χ2n) is 3.88. The van der Waals surface area contributed by atoms with Crippen molar-refractivity contribution in [3.8, 4) is 6.07 Å². The fourth-order valence-electron chi connectivity index (χ4n) is 2.07. The number of rotatable bonds is 0. The van der Waals surface area contributed by atoms with Crippen molar-refractivity contribution >= 4 is 37.4 Å². The molecule has 8 heteroatoms. The highest BCUT2D eigenvalue weighted by molar-refractivity contribution is 7.25. The maximum absolute atomic E-state index is 12.0. The molecule has 1 N–H and O–H groups in total. The van der Waals surface area contributed by atoms with Crippen LogP contribution in [0.15, 0.2) is 23.1 Å². The third-order valence-corrected chi connectivity index (χ3v) is 3.95. The lowest BCUT2D eigenvalue weighted by molar-refractivity contribution is 0.874. The third kappa shape index (κ3) is 1.19. The predicted octanol–water partition coefficient (Wildman–Crippen LogP) is 1.05. The molecule has 0 fully saturated rings. The lowest BCUT2D eigenvalue weighted by Gasteiger charge is -1.95. The molecule has 0 aliphatic rings. The Kier molecular flexibility index (Phi) is 1.80. The van der Waals surface area contributed by atoms with Crippen LogP contribution in [0.2, 0.25) is 0 Å². The predicted molar refractivity (Wildman–Crippen MR) is 69.0 cm³/mol. The SMILES string of the molecule is N#Cc1n[nH]n2c1nc(=O)c1sc3ncccc3c12. The van der Waals surface area contributed by atoms with E-state index in [0.29, 0.717) is 10.2 Å². The molecule has 4 aromatic heterocycles. The van der Waals surface area contributed by atoms with Gasteiger partial charge in [-0.05, 0) is 12.1 Å². The van der Waals surface area contributed by atoms with Gasteiger partial charge in [-0.1, -0.05) is 0 Å². The average Bonchev–Trinajstić information content (AvgIpc) is 2.99. The maximum Gasteiger partial charge on any atom is 0.291 e. The van der Waals surface area contributed by atoms with E-state index in [4.69, 9.17) is 5.26 Å². The number of hydrogen-bond donors (Lipinski definition) is 1. The Morgan fingerprint density at radius 2 is 2.37 bits per heavy atom. The van der Waals surface area contributed by atoms with Gasteiger partial charge in [0.15, 0.2) is 5.65 Å². The van der Waals surface area contributed by atoms with Gasteiger partial charge in [-0.2, -0.15) is 10.2 Å². The van der Waals surface area contributed by atoms with E-state index in [0.717, 1.165) is 10.2 Å². The van der Waals surface area contributed by atoms with Crippen LogP contribution in [-0.2, 0) is 0 Å². The second-order valence-corrected chi connectivity index (χ2v) is 4.88. The highest BCUT2D eigenvalue weighted by Crippen LogP contribution is 2.29. The molecule has 0 aliphatic carbocycles. The highest BCUT2D eigenvalue weighted by atomic mass is 32.1. The van der Waals surface area contributed by atoms with Gasteiger partial charge < -0.3 is 0 Å². The van der Waals surface area contributed by atoms with Crippen molar-refractivity contribution in [3.63, 3.8) is 0 Å². The minimum atomic E-state index is -0.365. The van der Waals surface area contributed by atoms with E-state index in [-0.39, 0.29) is 16.9 Å². The number of nitrogens with zero attached hydrogens (tertiary/aromatic N) is 5. The van der Waals surface area contributed by atoms with Crippen molar-refractivity contribution < 1.29 is 0 Å². The molecule has 0 aromatic carbocycles. The summed E-state index contributed by atoms with van der Waals surface area (Å²) in [6, 6.07) is 5.58. The molecule has 0 amide bonds. The normalized spacial score (nSPS) is 11.3. The first-order chi connectivity index (χ1) is 9.29. The summed E-state index contributed by atoms with van der Waals surface area (Å²) in [5, 5.41) is 16.4. The number of aromatic nitrogens is 5. The number of pyridine rings is 1. The third-order valence-electron chi connectivity index (χ3n) is 2.86. The molecule has 0 radical (unpaired) electrons. The molecule has 4 rings (SSSR count). The Hall–Kier alpha value is -2.79. The van der Waals surface area contributed by atoms with Crippen LogP contribution in [0.5, 0.6) is 0 Å². The van der Waals surface area contributed by atoms with Gasteiger partial charge in [0.25, 0.3) is 5.56 Å². The lowest BCUT2D eigenvalue weighted by atomic mass is 10.3.